The summed E-state index contributed by atoms with van der Waals surface area (Å²) in [7, 11) is -2.31. The minimum Gasteiger partial charge on any atom is -0.497 e. The van der Waals surface area contributed by atoms with Crippen molar-refractivity contribution < 1.29 is 32.2 Å². The van der Waals surface area contributed by atoms with E-state index in [1.54, 1.807) is 44.4 Å². The molecule has 0 fully saturated rings. The molecule has 196 valence electrons. The molecule has 0 aromatic heterocycles. The summed E-state index contributed by atoms with van der Waals surface area (Å²) in [6.07, 6.45) is 1.75. The fourth-order valence-corrected chi connectivity index (χ4v) is 4.51. The normalized spacial score (nSPS) is 14.0. The van der Waals surface area contributed by atoms with Gasteiger partial charge in [-0.3, -0.25) is 13.9 Å². The highest BCUT2D eigenvalue weighted by molar-refractivity contribution is 7.92. The molecule has 2 amide bonds. The Labute approximate surface area is 212 Å². The van der Waals surface area contributed by atoms with Gasteiger partial charge in [0.2, 0.25) is 28.6 Å². The molecule has 0 saturated heterocycles. The second-order valence-electron chi connectivity index (χ2n) is 8.67. The lowest BCUT2D eigenvalue weighted by Gasteiger charge is -2.32. The number of anilines is 1. The van der Waals surface area contributed by atoms with E-state index in [-0.39, 0.29) is 31.0 Å². The smallest absolute Gasteiger partial charge is 0.244 e. The number of amides is 2. The summed E-state index contributed by atoms with van der Waals surface area (Å²) < 4.78 is 42.4. The summed E-state index contributed by atoms with van der Waals surface area (Å²) in [5, 5.41) is 2.90. The van der Waals surface area contributed by atoms with Crippen LogP contribution in [0, 0.1) is 0 Å². The van der Waals surface area contributed by atoms with Crippen LogP contribution in [0.15, 0.2) is 42.5 Å². The van der Waals surface area contributed by atoms with E-state index >= 15 is 0 Å². The summed E-state index contributed by atoms with van der Waals surface area (Å²) in [5.74, 6) is 0.633. The van der Waals surface area contributed by atoms with Crippen LogP contribution in [0.4, 0.5) is 5.69 Å². The first-order valence-corrected chi connectivity index (χ1v) is 13.5. The molecule has 0 radical (unpaired) electrons. The minimum atomic E-state index is -3.85. The van der Waals surface area contributed by atoms with Gasteiger partial charge in [-0.2, -0.15) is 0 Å². The van der Waals surface area contributed by atoms with Gasteiger partial charge >= 0.3 is 0 Å². The Balaban J connectivity index is 1.92. The molecule has 0 aliphatic carbocycles. The lowest BCUT2D eigenvalue weighted by Crippen LogP contribution is -2.52. The molecule has 3 rings (SSSR count). The average molecular weight is 520 g/mol. The van der Waals surface area contributed by atoms with Crippen molar-refractivity contribution in [3.63, 3.8) is 0 Å². The van der Waals surface area contributed by atoms with Gasteiger partial charge in [-0.25, -0.2) is 8.42 Å². The number of ether oxygens (including phenoxy) is 3. The maximum absolute atomic E-state index is 13.6. The van der Waals surface area contributed by atoms with Crippen molar-refractivity contribution in [3.8, 4) is 17.2 Å². The van der Waals surface area contributed by atoms with Gasteiger partial charge in [-0.05, 0) is 50.1 Å². The molecule has 2 aromatic rings. The van der Waals surface area contributed by atoms with Gasteiger partial charge in [-0.1, -0.05) is 19.1 Å². The van der Waals surface area contributed by atoms with Crippen molar-refractivity contribution in [3.05, 3.63) is 48.0 Å². The Morgan fingerprint density at radius 2 is 1.83 bits per heavy atom. The molecule has 1 aliphatic heterocycles. The number of nitrogens with one attached hydrogen (secondary N) is 1. The van der Waals surface area contributed by atoms with Crippen LogP contribution in [0.25, 0.3) is 0 Å². The van der Waals surface area contributed by atoms with Gasteiger partial charge in [0, 0.05) is 18.7 Å². The van der Waals surface area contributed by atoms with Crippen LogP contribution in [0.1, 0.15) is 32.8 Å². The van der Waals surface area contributed by atoms with Crippen molar-refractivity contribution in [2.75, 3.05) is 31.0 Å². The van der Waals surface area contributed by atoms with Crippen molar-refractivity contribution in [2.45, 2.75) is 45.8 Å². The highest BCUT2D eigenvalue weighted by atomic mass is 32.2. The lowest BCUT2D eigenvalue weighted by atomic mass is 10.1. The van der Waals surface area contributed by atoms with Crippen LogP contribution < -0.4 is 23.8 Å². The van der Waals surface area contributed by atoms with Crippen LogP contribution in [0.2, 0.25) is 0 Å². The van der Waals surface area contributed by atoms with Gasteiger partial charge in [0.15, 0.2) is 11.5 Å². The van der Waals surface area contributed by atoms with Crippen molar-refractivity contribution in [1.82, 2.24) is 10.2 Å². The Kier molecular flexibility index (Phi) is 8.67. The van der Waals surface area contributed by atoms with Crippen LogP contribution >= 0.6 is 0 Å². The van der Waals surface area contributed by atoms with Gasteiger partial charge < -0.3 is 24.4 Å². The number of hydrogen-bond acceptors (Lipinski definition) is 7. The predicted octanol–water partition coefficient (Wildman–Crippen LogP) is 2.52. The summed E-state index contributed by atoms with van der Waals surface area (Å²) >= 11 is 0. The molecule has 2 aromatic carbocycles. The maximum atomic E-state index is 13.6. The lowest BCUT2D eigenvalue weighted by molar-refractivity contribution is -0.139. The first-order valence-electron chi connectivity index (χ1n) is 11.6. The molecule has 1 heterocycles. The van der Waals surface area contributed by atoms with Crippen molar-refractivity contribution in [2.24, 2.45) is 0 Å². The maximum Gasteiger partial charge on any atom is 0.244 e. The predicted molar refractivity (Wildman–Crippen MR) is 136 cm³/mol. The van der Waals surface area contributed by atoms with Crippen LogP contribution in [0.3, 0.4) is 0 Å². The highest BCUT2D eigenvalue weighted by Gasteiger charge is 2.31. The second-order valence-corrected chi connectivity index (χ2v) is 10.6. The SMILES string of the molecule is CC[C@H](C)NC(=O)[C@H](C)N(Cc1cccc(OC)c1)C(=O)CN(c1ccc2c(c1)OCO2)S(C)(=O)=O. The topological polar surface area (TPSA) is 114 Å². The van der Waals surface area contributed by atoms with Crippen molar-refractivity contribution >= 4 is 27.5 Å². The first kappa shape index (κ1) is 27.1. The van der Waals surface area contributed by atoms with Crippen LogP contribution in [-0.4, -0.2) is 63.9 Å². The number of carbonyl (C=O) groups is 2. The summed E-state index contributed by atoms with van der Waals surface area (Å²) in [6.45, 7) is 5.08. The molecule has 0 spiro atoms. The van der Waals surface area contributed by atoms with Gasteiger partial charge in [0.05, 0.1) is 19.1 Å². The number of nitrogens with zero attached hydrogens (tertiary/aromatic N) is 2. The Bertz CT molecular complexity index is 1200. The van der Waals surface area contributed by atoms with Gasteiger partial charge in [-0.15, -0.1) is 0 Å². The van der Waals surface area contributed by atoms with Crippen LogP contribution in [-0.2, 0) is 26.2 Å². The third-order valence-corrected chi connectivity index (χ3v) is 7.12. The van der Waals surface area contributed by atoms with E-state index in [9.17, 15) is 18.0 Å². The summed E-state index contributed by atoms with van der Waals surface area (Å²) in [5.41, 5.74) is 0.994. The Morgan fingerprint density at radius 1 is 1.11 bits per heavy atom. The molecule has 1 aliphatic rings. The summed E-state index contributed by atoms with van der Waals surface area (Å²) in [4.78, 5) is 28.0. The minimum absolute atomic E-state index is 0.0354. The zero-order valence-electron chi connectivity index (χ0n) is 21.2. The molecule has 0 saturated carbocycles. The molecule has 2 atom stereocenters. The molecule has 1 N–H and O–H groups in total. The molecular formula is C25H33N3O7S. The number of benzene rings is 2. The number of hydrogen-bond donors (Lipinski definition) is 1. The molecule has 0 unspecified atom stereocenters. The van der Waals surface area contributed by atoms with E-state index in [1.165, 1.54) is 11.0 Å². The first-order chi connectivity index (χ1) is 17.0. The van der Waals surface area contributed by atoms with Crippen molar-refractivity contribution in [1.29, 1.82) is 0 Å². The van der Waals surface area contributed by atoms with E-state index in [1.807, 2.05) is 19.9 Å². The van der Waals surface area contributed by atoms with Gasteiger partial charge in [0.25, 0.3) is 0 Å². The molecular weight excluding hydrogens is 486 g/mol. The standard InChI is InChI=1S/C25H33N3O7S/c1-6-17(2)26-25(30)18(3)27(14-19-8-7-9-21(12-19)33-4)24(29)15-28(36(5,31)32)20-10-11-22-23(13-20)35-16-34-22/h7-13,17-18H,6,14-16H2,1-5H3,(H,26,30)/t17-,18-/m0/s1. The third kappa shape index (κ3) is 6.60. The fourth-order valence-electron chi connectivity index (χ4n) is 3.67. The second kappa shape index (κ2) is 11.5. The zero-order chi connectivity index (χ0) is 26.5. The van der Waals surface area contributed by atoms with E-state index in [4.69, 9.17) is 14.2 Å². The van der Waals surface area contributed by atoms with Gasteiger partial charge in [0.1, 0.15) is 18.3 Å². The van der Waals surface area contributed by atoms with E-state index in [2.05, 4.69) is 5.32 Å². The summed E-state index contributed by atoms with van der Waals surface area (Å²) in [6, 6.07) is 10.9. The van der Waals surface area contributed by atoms with E-state index in [0.717, 1.165) is 22.5 Å². The quantitative estimate of drug-likeness (QED) is 0.485. The molecule has 11 heteroatoms. The molecule has 10 nitrogen and oxygen atoms in total. The third-order valence-electron chi connectivity index (χ3n) is 5.98. The Hall–Kier alpha value is -3.47. The van der Waals surface area contributed by atoms with E-state index < -0.39 is 28.5 Å². The molecule has 0 bridgehead atoms. The number of fused-ring (bicyclic) bond motifs is 1. The number of methoxy groups -OCH3 is 1. The largest absolute Gasteiger partial charge is 0.497 e. The number of sulfonamides is 1. The zero-order valence-corrected chi connectivity index (χ0v) is 22.0. The average Bonchev–Trinajstić information content (AvgIpc) is 3.32. The Morgan fingerprint density at radius 3 is 2.50 bits per heavy atom. The monoisotopic (exact) mass is 519 g/mol. The highest BCUT2D eigenvalue weighted by Crippen LogP contribution is 2.36. The van der Waals surface area contributed by atoms with E-state index in [0.29, 0.717) is 17.2 Å². The number of rotatable bonds is 11. The number of carbonyl (C=O) groups excluding carboxylic acids is 2. The fraction of sp³-hybridized carbons (Fsp3) is 0.440. The van der Waals surface area contributed by atoms with Crippen LogP contribution in [0.5, 0.6) is 17.2 Å². The molecule has 36 heavy (non-hydrogen) atoms.